The van der Waals surface area contributed by atoms with Crippen molar-refractivity contribution in [3.63, 3.8) is 0 Å². The summed E-state index contributed by atoms with van der Waals surface area (Å²) < 4.78 is 5.19. The van der Waals surface area contributed by atoms with Gasteiger partial charge in [0.05, 0.1) is 6.61 Å². The molecule has 4 heteroatoms. The second kappa shape index (κ2) is 8.86. The Bertz CT molecular complexity index is 184. The fourth-order valence-corrected chi connectivity index (χ4v) is 2.54. The van der Waals surface area contributed by atoms with Crippen molar-refractivity contribution in [2.45, 2.75) is 44.7 Å². The van der Waals surface area contributed by atoms with Gasteiger partial charge in [-0.1, -0.05) is 6.92 Å². The fraction of sp³-hybridized carbons (Fsp3) is 1.00. The van der Waals surface area contributed by atoms with Crippen LogP contribution in [0, 0.1) is 0 Å². The zero-order valence-corrected chi connectivity index (χ0v) is 11.3. The lowest BCUT2D eigenvalue weighted by Gasteiger charge is -2.24. The number of nitrogens with zero attached hydrogens (tertiary/aromatic N) is 1. The molecule has 17 heavy (non-hydrogen) atoms. The molecular weight excluding hydrogens is 216 g/mol. The summed E-state index contributed by atoms with van der Waals surface area (Å²) in [5.41, 5.74) is 0. The van der Waals surface area contributed by atoms with Crippen LogP contribution in [0.1, 0.15) is 32.6 Å². The van der Waals surface area contributed by atoms with Crippen LogP contribution in [0.15, 0.2) is 0 Å². The van der Waals surface area contributed by atoms with Crippen LogP contribution in [-0.4, -0.2) is 62.0 Å². The van der Waals surface area contributed by atoms with Crippen molar-refractivity contribution in [2.24, 2.45) is 0 Å². The molecule has 0 amide bonds. The summed E-state index contributed by atoms with van der Waals surface area (Å²) in [6, 6.07) is 0.876. The third-order valence-corrected chi connectivity index (χ3v) is 3.58. The third-order valence-electron chi connectivity index (χ3n) is 3.58. The van der Waals surface area contributed by atoms with E-state index in [1.807, 2.05) is 0 Å². The predicted molar refractivity (Wildman–Crippen MR) is 70.3 cm³/mol. The van der Waals surface area contributed by atoms with E-state index in [2.05, 4.69) is 17.1 Å². The molecule has 2 atom stereocenters. The number of rotatable bonds is 7. The molecular formula is C13H28N2O2. The van der Waals surface area contributed by atoms with E-state index in [1.165, 1.54) is 32.4 Å². The van der Waals surface area contributed by atoms with Gasteiger partial charge in [-0.05, 0) is 45.3 Å². The minimum absolute atomic E-state index is 0.231. The van der Waals surface area contributed by atoms with Crippen LogP contribution >= 0.6 is 0 Å². The van der Waals surface area contributed by atoms with Gasteiger partial charge in [-0.2, -0.15) is 0 Å². The van der Waals surface area contributed by atoms with E-state index in [0.29, 0.717) is 18.7 Å². The molecule has 2 unspecified atom stereocenters. The van der Waals surface area contributed by atoms with Gasteiger partial charge >= 0.3 is 0 Å². The number of hydrogen-bond acceptors (Lipinski definition) is 4. The first-order valence-electron chi connectivity index (χ1n) is 6.88. The average Bonchev–Trinajstić information content (AvgIpc) is 2.55. The van der Waals surface area contributed by atoms with E-state index in [4.69, 9.17) is 9.84 Å². The van der Waals surface area contributed by atoms with Crippen LogP contribution in [0.2, 0.25) is 0 Å². The van der Waals surface area contributed by atoms with Gasteiger partial charge in [0.1, 0.15) is 0 Å². The summed E-state index contributed by atoms with van der Waals surface area (Å²) in [7, 11) is 1.72. The van der Waals surface area contributed by atoms with Crippen LogP contribution < -0.4 is 5.32 Å². The lowest BCUT2D eigenvalue weighted by Crippen LogP contribution is -2.42. The molecule has 0 saturated carbocycles. The number of aliphatic hydroxyl groups excluding tert-OH is 1. The van der Waals surface area contributed by atoms with E-state index in [0.717, 1.165) is 13.0 Å². The third kappa shape index (κ3) is 5.82. The summed E-state index contributed by atoms with van der Waals surface area (Å²) >= 11 is 0. The Morgan fingerprint density at radius 2 is 2.24 bits per heavy atom. The molecule has 0 bridgehead atoms. The zero-order valence-electron chi connectivity index (χ0n) is 11.3. The van der Waals surface area contributed by atoms with E-state index >= 15 is 0 Å². The lowest BCUT2D eigenvalue weighted by molar-refractivity contribution is 0.140. The van der Waals surface area contributed by atoms with Crippen LogP contribution in [0.4, 0.5) is 0 Å². The summed E-state index contributed by atoms with van der Waals surface area (Å²) in [5, 5.41) is 12.7. The topological polar surface area (TPSA) is 44.7 Å². The lowest BCUT2D eigenvalue weighted by atomic mass is 10.1. The molecule has 0 aromatic rings. The van der Waals surface area contributed by atoms with Crippen LogP contribution in [0.25, 0.3) is 0 Å². The van der Waals surface area contributed by atoms with Gasteiger partial charge in [-0.3, -0.25) is 0 Å². The van der Waals surface area contributed by atoms with E-state index < -0.39 is 0 Å². The predicted octanol–water partition coefficient (Wildman–Crippen LogP) is 0.848. The number of aliphatic hydroxyl groups is 1. The highest BCUT2D eigenvalue weighted by molar-refractivity contribution is 4.78. The van der Waals surface area contributed by atoms with Crippen molar-refractivity contribution in [1.82, 2.24) is 10.2 Å². The summed E-state index contributed by atoms with van der Waals surface area (Å²) in [4.78, 5) is 2.51. The molecule has 1 rings (SSSR count). The molecule has 0 spiro atoms. The van der Waals surface area contributed by atoms with Gasteiger partial charge in [0.25, 0.3) is 0 Å². The maximum absolute atomic E-state index is 9.02. The van der Waals surface area contributed by atoms with Gasteiger partial charge in [-0.15, -0.1) is 0 Å². The van der Waals surface area contributed by atoms with Gasteiger partial charge in [0.15, 0.2) is 0 Å². The Morgan fingerprint density at radius 3 is 2.88 bits per heavy atom. The standard InChI is InChI=1S/C13H28N2O2/c1-3-15-8-4-5-12(6-9-15)14-13(7-10-16)11-17-2/h12-14,16H,3-11H2,1-2H3. The van der Waals surface area contributed by atoms with E-state index in [9.17, 15) is 0 Å². The Balaban J connectivity index is 2.32. The molecule has 2 N–H and O–H groups in total. The van der Waals surface area contributed by atoms with Crippen molar-refractivity contribution in [3.8, 4) is 0 Å². The highest BCUT2D eigenvalue weighted by Gasteiger charge is 2.18. The number of nitrogens with one attached hydrogen (secondary N) is 1. The zero-order chi connectivity index (χ0) is 12.5. The monoisotopic (exact) mass is 244 g/mol. The Hall–Kier alpha value is -0.160. The Morgan fingerprint density at radius 1 is 1.41 bits per heavy atom. The van der Waals surface area contributed by atoms with Crippen LogP contribution in [0.5, 0.6) is 0 Å². The number of methoxy groups -OCH3 is 1. The summed E-state index contributed by atoms with van der Waals surface area (Å²) in [5.74, 6) is 0. The molecule has 1 aliphatic heterocycles. The molecule has 0 radical (unpaired) electrons. The Kier molecular flexibility index (Phi) is 7.77. The van der Waals surface area contributed by atoms with Gasteiger partial charge in [-0.25, -0.2) is 0 Å². The molecule has 0 aliphatic carbocycles. The second-order valence-corrected chi connectivity index (χ2v) is 4.89. The molecule has 102 valence electrons. The minimum Gasteiger partial charge on any atom is -0.396 e. The van der Waals surface area contributed by atoms with Crippen molar-refractivity contribution in [2.75, 3.05) is 40.0 Å². The molecule has 1 saturated heterocycles. The fourth-order valence-electron chi connectivity index (χ4n) is 2.54. The molecule has 1 heterocycles. The van der Waals surface area contributed by atoms with Crippen molar-refractivity contribution >= 4 is 0 Å². The maximum Gasteiger partial charge on any atom is 0.0616 e. The Labute approximate surface area is 105 Å². The quantitative estimate of drug-likeness (QED) is 0.697. The summed E-state index contributed by atoms with van der Waals surface area (Å²) in [6.07, 6.45) is 4.49. The second-order valence-electron chi connectivity index (χ2n) is 4.89. The number of ether oxygens (including phenoxy) is 1. The first kappa shape index (κ1) is 14.9. The maximum atomic E-state index is 9.02. The molecule has 1 fully saturated rings. The molecule has 0 aromatic heterocycles. The largest absolute Gasteiger partial charge is 0.396 e. The SMILES string of the molecule is CCN1CCCC(NC(CCO)COC)CC1. The smallest absolute Gasteiger partial charge is 0.0616 e. The van der Waals surface area contributed by atoms with E-state index in [1.54, 1.807) is 7.11 Å². The van der Waals surface area contributed by atoms with Gasteiger partial charge in [0.2, 0.25) is 0 Å². The first-order chi connectivity index (χ1) is 8.30. The van der Waals surface area contributed by atoms with Crippen LogP contribution in [0.3, 0.4) is 0 Å². The van der Waals surface area contributed by atoms with E-state index in [-0.39, 0.29) is 6.61 Å². The van der Waals surface area contributed by atoms with Gasteiger partial charge in [0, 0.05) is 25.8 Å². The van der Waals surface area contributed by atoms with Crippen molar-refractivity contribution in [3.05, 3.63) is 0 Å². The van der Waals surface area contributed by atoms with Crippen molar-refractivity contribution < 1.29 is 9.84 Å². The molecule has 0 aromatic carbocycles. The highest BCUT2D eigenvalue weighted by Crippen LogP contribution is 2.12. The average molecular weight is 244 g/mol. The van der Waals surface area contributed by atoms with Crippen LogP contribution in [-0.2, 0) is 4.74 Å². The highest BCUT2D eigenvalue weighted by atomic mass is 16.5. The normalized spacial score (nSPS) is 24.5. The summed E-state index contributed by atoms with van der Waals surface area (Å²) in [6.45, 7) is 6.72. The number of hydrogen-bond donors (Lipinski definition) is 2. The molecule has 4 nitrogen and oxygen atoms in total. The minimum atomic E-state index is 0.231. The first-order valence-corrected chi connectivity index (χ1v) is 6.88. The molecule has 1 aliphatic rings. The van der Waals surface area contributed by atoms with Gasteiger partial charge < -0.3 is 20.1 Å². The van der Waals surface area contributed by atoms with Crippen molar-refractivity contribution in [1.29, 1.82) is 0 Å². The number of likely N-dealkylation sites (tertiary alicyclic amines) is 1.